The minimum Gasteiger partial charge on any atom is -0.295 e. The highest BCUT2D eigenvalue weighted by Gasteiger charge is 2.49. The summed E-state index contributed by atoms with van der Waals surface area (Å²) in [5.41, 5.74) is 4.85. The molecule has 0 unspecified atom stereocenters. The number of sulfonamides is 1. The van der Waals surface area contributed by atoms with Gasteiger partial charge in [-0.05, 0) is 43.0 Å². The van der Waals surface area contributed by atoms with Crippen LogP contribution in [0.4, 0.5) is 0 Å². The molecule has 0 spiro atoms. The lowest BCUT2D eigenvalue weighted by atomic mass is 10.1. The van der Waals surface area contributed by atoms with E-state index in [1.807, 2.05) is 51.1 Å². The standard InChI is InChI=1S/C18H19NO3S2/c1-11-8-12(2)18(13(3)9-11)24(20,21)19-17-15-7-5-4-6-14(15)10-16(17)22-23-19/h4-9,16-17H,10H2,1-3H3/t16-,17+/m0/s1. The fraction of sp³-hybridized carbons (Fsp3) is 0.333. The molecule has 1 fully saturated rings. The van der Waals surface area contributed by atoms with E-state index < -0.39 is 10.0 Å². The largest absolute Gasteiger partial charge is 0.295 e. The van der Waals surface area contributed by atoms with E-state index in [0.717, 1.165) is 40.9 Å². The van der Waals surface area contributed by atoms with Crippen LogP contribution in [0, 0.1) is 20.8 Å². The molecule has 2 aromatic rings. The molecule has 126 valence electrons. The summed E-state index contributed by atoms with van der Waals surface area (Å²) in [6, 6.07) is 11.6. The van der Waals surface area contributed by atoms with Gasteiger partial charge in [0.2, 0.25) is 0 Å². The molecule has 1 heterocycles. The number of nitrogens with zero attached hydrogens (tertiary/aromatic N) is 1. The molecule has 24 heavy (non-hydrogen) atoms. The van der Waals surface area contributed by atoms with E-state index in [1.165, 1.54) is 9.27 Å². The predicted molar refractivity (Wildman–Crippen MR) is 95.0 cm³/mol. The molecule has 0 radical (unpaired) electrons. The van der Waals surface area contributed by atoms with Crippen LogP contribution in [0.5, 0.6) is 0 Å². The summed E-state index contributed by atoms with van der Waals surface area (Å²) in [5.74, 6) is 0. The van der Waals surface area contributed by atoms with Gasteiger partial charge in [-0.2, -0.15) is 0 Å². The van der Waals surface area contributed by atoms with E-state index in [2.05, 4.69) is 6.07 Å². The number of fused-ring (bicyclic) bond motifs is 3. The summed E-state index contributed by atoms with van der Waals surface area (Å²) in [6.07, 6.45) is 0.638. The molecule has 2 aromatic carbocycles. The third kappa shape index (κ3) is 2.32. The van der Waals surface area contributed by atoms with Gasteiger partial charge >= 0.3 is 0 Å². The number of hydrogen-bond acceptors (Lipinski definition) is 4. The van der Waals surface area contributed by atoms with Crippen LogP contribution in [0.15, 0.2) is 41.3 Å². The summed E-state index contributed by atoms with van der Waals surface area (Å²) < 4.78 is 33.9. The highest BCUT2D eigenvalue weighted by Crippen LogP contribution is 2.51. The summed E-state index contributed by atoms with van der Waals surface area (Å²) in [6.45, 7) is 5.69. The highest BCUT2D eigenvalue weighted by atomic mass is 32.3. The van der Waals surface area contributed by atoms with Crippen LogP contribution in [0.3, 0.4) is 0 Å². The van der Waals surface area contributed by atoms with Gasteiger partial charge in [-0.25, -0.2) is 8.42 Å². The quantitative estimate of drug-likeness (QED) is 0.602. The van der Waals surface area contributed by atoms with Crippen molar-refractivity contribution in [2.24, 2.45) is 0 Å². The van der Waals surface area contributed by atoms with E-state index in [4.69, 9.17) is 4.18 Å². The number of rotatable bonds is 2. The topological polar surface area (TPSA) is 46.6 Å². The Morgan fingerprint density at radius 1 is 1.12 bits per heavy atom. The van der Waals surface area contributed by atoms with Crippen LogP contribution >= 0.6 is 12.2 Å². The number of benzene rings is 2. The van der Waals surface area contributed by atoms with Crippen LogP contribution in [-0.4, -0.2) is 18.2 Å². The molecule has 0 aromatic heterocycles. The first-order valence-corrected chi connectivity index (χ1v) is 10.1. The summed E-state index contributed by atoms with van der Waals surface area (Å²) >= 11 is 0.967. The Bertz CT molecular complexity index is 901. The normalized spacial score (nSPS) is 23.3. The second kappa shape index (κ2) is 5.59. The molecule has 6 heteroatoms. The van der Waals surface area contributed by atoms with E-state index in [0.29, 0.717) is 4.90 Å². The molecule has 1 aliphatic heterocycles. The van der Waals surface area contributed by atoms with Crippen LogP contribution < -0.4 is 0 Å². The Kier molecular flexibility index (Phi) is 3.76. The van der Waals surface area contributed by atoms with Crippen molar-refractivity contribution in [1.29, 1.82) is 0 Å². The van der Waals surface area contributed by atoms with E-state index in [1.54, 1.807) is 0 Å². The third-order valence-electron chi connectivity index (χ3n) is 4.71. The van der Waals surface area contributed by atoms with E-state index in [-0.39, 0.29) is 12.1 Å². The van der Waals surface area contributed by atoms with E-state index >= 15 is 0 Å². The van der Waals surface area contributed by atoms with Gasteiger partial charge in [0.1, 0.15) is 0 Å². The average Bonchev–Trinajstić information content (AvgIpc) is 3.04. The number of aryl methyl sites for hydroxylation is 3. The summed E-state index contributed by atoms with van der Waals surface area (Å²) in [4.78, 5) is 0.397. The molecule has 1 saturated heterocycles. The molecule has 0 N–H and O–H groups in total. The van der Waals surface area contributed by atoms with Gasteiger partial charge in [0.05, 0.1) is 29.3 Å². The van der Waals surface area contributed by atoms with Gasteiger partial charge in [0.15, 0.2) is 0 Å². The molecule has 0 saturated carbocycles. The van der Waals surface area contributed by atoms with Crippen molar-refractivity contribution in [3.63, 3.8) is 0 Å². The lowest BCUT2D eigenvalue weighted by Crippen LogP contribution is -2.29. The van der Waals surface area contributed by atoms with Gasteiger partial charge in [-0.1, -0.05) is 42.0 Å². The predicted octanol–water partition coefficient (Wildman–Crippen LogP) is 3.86. The molecule has 4 nitrogen and oxygen atoms in total. The fourth-order valence-corrected chi connectivity index (χ4v) is 6.89. The SMILES string of the molecule is Cc1cc(C)c(S(=O)(=O)N2SO[C@H]3Cc4ccccc4[C@H]32)c(C)c1. The maximum absolute atomic E-state index is 13.4. The van der Waals surface area contributed by atoms with Crippen LogP contribution in [-0.2, 0) is 20.6 Å². The molecular formula is C18H19NO3S2. The Balaban J connectivity index is 1.82. The Morgan fingerprint density at radius 2 is 1.79 bits per heavy atom. The summed E-state index contributed by atoms with van der Waals surface area (Å²) in [5, 5.41) is 0. The second-order valence-corrected chi connectivity index (χ2v) is 9.26. The zero-order valence-electron chi connectivity index (χ0n) is 13.8. The van der Waals surface area contributed by atoms with Crippen molar-refractivity contribution < 1.29 is 12.6 Å². The molecule has 1 aliphatic carbocycles. The lowest BCUT2D eigenvalue weighted by molar-refractivity contribution is 0.236. The van der Waals surface area contributed by atoms with Crippen LogP contribution in [0.25, 0.3) is 0 Å². The molecule has 2 aliphatic rings. The second-order valence-electron chi connectivity index (χ2n) is 6.55. The number of hydrogen-bond donors (Lipinski definition) is 0. The Morgan fingerprint density at radius 3 is 2.50 bits per heavy atom. The first-order valence-electron chi connectivity index (χ1n) is 7.93. The highest BCUT2D eigenvalue weighted by molar-refractivity contribution is 8.06. The molecule has 4 rings (SSSR count). The van der Waals surface area contributed by atoms with Crippen molar-refractivity contribution in [2.75, 3.05) is 0 Å². The lowest BCUT2D eigenvalue weighted by Gasteiger charge is -2.22. The molecule has 0 amide bonds. The van der Waals surface area contributed by atoms with Crippen LogP contribution in [0.2, 0.25) is 0 Å². The maximum atomic E-state index is 13.4. The molecular weight excluding hydrogens is 342 g/mol. The molecule has 2 atom stereocenters. The monoisotopic (exact) mass is 361 g/mol. The average molecular weight is 361 g/mol. The van der Waals surface area contributed by atoms with Gasteiger partial charge in [0, 0.05) is 6.42 Å². The van der Waals surface area contributed by atoms with Crippen molar-refractivity contribution in [3.05, 3.63) is 64.2 Å². The Hall–Kier alpha value is -1.34. The molecule has 0 bridgehead atoms. The smallest absolute Gasteiger partial charge is 0.255 e. The fourth-order valence-electron chi connectivity index (χ4n) is 3.87. The van der Waals surface area contributed by atoms with Gasteiger partial charge in [-0.15, -0.1) is 3.71 Å². The Labute approximate surface area is 147 Å². The summed E-state index contributed by atoms with van der Waals surface area (Å²) in [7, 11) is -3.64. The maximum Gasteiger partial charge on any atom is 0.255 e. The van der Waals surface area contributed by atoms with Crippen molar-refractivity contribution in [2.45, 2.75) is 44.2 Å². The van der Waals surface area contributed by atoms with Crippen molar-refractivity contribution in [3.8, 4) is 0 Å². The van der Waals surface area contributed by atoms with Crippen molar-refractivity contribution >= 4 is 22.3 Å². The van der Waals surface area contributed by atoms with Crippen molar-refractivity contribution in [1.82, 2.24) is 3.71 Å². The minimum absolute atomic E-state index is 0.117. The van der Waals surface area contributed by atoms with Gasteiger partial charge in [-0.3, -0.25) is 4.18 Å². The van der Waals surface area contributed by atoms with Crippen LogP contribution in [0.1, 0.15) is 33.9 Å². The first kappa shape index (κ1) is 16.1. The third-order valence-corrected chi connectivity index (χ3v) is 8.05. The zero-order valence-corrected chi connectivity index (χ0v) is 15.4. The van der Waals surface area contributed by atoms with Gasteiger partial charge in [0.25, 0.3) is 10.0 Å². The first-order chi connectivity index (χ1) is 11.4. The zero-order chi connectivity index (χ0) is 17.1. The minimum atomic E-state index is -3.64. The van der Waals surface area contributed by atoms with E-state index in [9.17, 15) is 8.42 Å². The van der Waals surface area contributed by atoms with Gasteiger partial charge < -0.3 is 0 Å².